The van der Waals surface area contributed by atoms with E-state index in [1.165, 1.54) is 0 Å². The van der Waals surface area contributed by atoms with E-state index >= 15 is 0 Å². The lowest BCUT2D eigenvalue weighted by molar-refractivity contribution is -0.142. The summed E-state index contributed by atoms with van der Waals surface area (Å²) in [6.07, 6.45) is -3.16. The Morgan fingerprint density at radius 3 is 1.79 bits per heavy atom. The van der Waals surface area contributed by atoms with Crippen LogP contribution in [0.25, 0.3) is 0 Å². The van der Waals surface area contributed by atoms with Gasteiger partial charge < -0.3 is 29.4 Å². The third-order valence-corrected chi connectivity index (χ3v) is 5.90. The monoisotopic (exact) mass is 521 g/mol. The fourth-order valence-corrected chi connectivity index (χ4v) is 3.99. The number of carbonyl (C=O) groups is 1. The summed E-state index contributed by atoms with van der Waals surface area (Å²) < 4.78 is 23.5. The van der Waals surface area contributed by atoms with Crippen LogP contribution in [-0.2, 0) is 27.4 Å². The minimum atomic E-state index is -1.05. The molecule has 0 radical (unpaired) electrons. The fraction of sp³-hybridized carbons (Fsp3) is 0.387. The van der Waals surface area contributed by atoms with Crippen LogP contribution in [0.15, 0.2) is 84.9 Å². The maximum atomic E-state index is 12.7. The highest BCUT2D eigenvalue weighted by atomic mass is 16.6. The predicted molar refractivity (Wildman–Crippen MR) is 147 cm³/mol. The predicted octanol–water partition coefficient (Wildman–Crippen LogP) is 5.81. The van der Waals surface area contributed by atoms with E-state index in [0.717, 1.165) is 11.1 Å². The normalized spacial score (nSPS) is 14.7. The van der Waals surface area contributed by atoms with Crippen molar-refractivity contribution in [3.05, 3.63) is 102 Å². The molecule has 38 heavy (non-hydrogen) atoms. The number of rotatable bonds is 12. The lowest BCUT2D eigenvalue weighted by atomic mass is 9.96. The van der Waals surface area contributed by atoms with Crippen molar-refractivity contribution in [2.45, 2.75) is 70.9 Å². The molecule has 0 fully saturated rings. The number of alkyl carbamates (subject to hydrolysis) is 1. The molecule has 7 heteroatoms. The molecule has 0 spiro atoms. The molecule has 4 atom stereocenters. The number of benzene rings is 3. The molecular formula is C31H39NO6. The molecule has 3 aromatic carbocycles. The molecular weight excluding hydrogens is 482 g/mol. The van der Waals surface area contributed by atoms with Crippen molar-refractivity contribution >= 4 is 6.09 Å². The van der Waals surface area contributed by atoms with Gasteiger partial charge in [0.2, 0.25) is 0 Å². The van der Waals surface area contributed by atoms with E-state index in [0.29, 0.717) is 11.3 Å². The first-order valence-corrected chi connectivity index (χ1v) is 12.8. The zero-order valence-electron chi connectivity index (χ0n) is 22.8. The third-order valence-electron chi connectivity index (χ3n) is 5.90. The lowest BCUT2D eigenvalue weighted by Gasteiger charge is -2.35. The molecule has 1 unspecified atom stereocenters. The van der Waals surface area contributed by atoms with Crippen LogP contribution < -0.4 is 10.1 Å². The second-order valence-electron chi connectivity index (χ2n) is 10.2. The highest BCUT2D eigenvalue weighted by molar-refractivity contribution is 5.68. The SMILES string of the molecule is COc1ccc([C@H](O)[C@@H](OCc2ccccc2)[C@H](OCc2ccccc2)C(C)NC(=O)OC(C)(C)C)cc1. The quantitative estimate of drug-likeness (QED) is 0.313. The molecule has 0 aliphatic rings. The van der Waals surface area contributed by atoms with Gasteiger partial charge in [0.05, 0.1) is 26.4 Å². The average molecular weight is 522 g/mol. The summed E-state index contributed by atoms with van der Waals surface area (Å²) in [5.41, 5.74) is 1.90. The van der Waals surface area contributed by atoms with Gasteiger partial charge >= 0.3 is 6.09 Å². The van der Waals surface area contributed by atoms with Gasteiger partial charge in [0.15, 0.2) is 0 Å². The minimum Gasteiger partial charge on any atom is -0.497 e. The van der Waals surface area contributed by atoms with Gasteiger partial charge in [-0.25, -0.2) is 4.79 Å². The fourth-order valence-electron chi connectivity index (χ4n) is 3.99. The Hall–Kier alpha value is -3.39. The van der Waals surface area contributed by atoms with Gasteiger partial charge in [-0.05, 0) is 56.5 Å². The maximum absolute atomic E-state index is 12.7. The molecule has 1 amide bonds. The van der Waals surface area contributed by atoms with Crippen LogP contribution in [0.3, 0.4) is 0 Å². The minimum absolute atomic E-state index is 0.253. The number of amides is 1. The van der Waals surface area contributed by atoms with Gasteiger partial charge in [-0.2, -0.15) is 0 Å². The summed E-state index contributed by atoms with van der Waals surface area (Å²) in [4.78, 5) is 12.7. The Balaban J connectivity index is 1.91. The number of methoxy groups -OCH3 is 1. The van der Waals surface area contributed by atoms with E-state index in [1.807, 2.05) is 67.6 Å². The highest BCUT2D eigenvalue weighted by Crippen LogP contribution is 2.28. The molecule has 204 valence electrons. The van der Waals surface area contributed by atoms with Crippen LogP contribution in [0.2, 0.25) is 0 Å². The second kappa shape index (κ2) is 14.0. The van der Waals surface area contributed by atoms with Crippen LogP contribution in [0.4, 0.5) is 4.79 Å². The van der Waals surface area contributed by atoms with Crippen molar-refractivity contribution in [1.29, 1.82) is 0 Å². The number of aliphatic hydroxyl groups excluding tert-OH is 1. The summed E-state index contributed by atoms with van der Waals surface area (Å²) in [5.74, 6) is 0.680. The van der Waals surface area contributed by atoms with Crippen LogP contribution in [0.5, 0.6) is 5.75 Å². The zero-order valence-corrected chi connectivity index (χ0v) is 22.8. The zero-order chi connectivity index (χ0) is 27.5. The third kappa shape index (κ3) is 9.17. The van der Waals surface area contributed by atoms with Crippen molar-refractivity contribution in [2.24, 2.45) is 0 Å². The Kier molecular flexibility index (Phi) is 10.7. The smallest absolute Gasteiger partial charge is 0.407 e. The average Bonchev–Trinajstić information content (AvgIpc) is 2.90. The second-order valence-corrected chi connectivity index (χ2v) is 10.2. The summed E-state index contributed by atoms with van der Waals surface area (Å²) in [5, 5.41) is 14.4. The molecule has 0 saturated heterocycles. The molecule has 7 nitrogen and oxygen atoms in total. The Bertz CT molecular complexity index is 1100. The first-order valence-electron chi connectivity index (χ1n) is 12.8. The van der Waals surface area contributed by atoms with Crippen molar-refractivity contribution < 1.29 is 28.8 Å². The molecule has 0 aliphatic heterocycles. The lowest BCUT2D eigenvalue weighted by Crippen LogP contribution is -2.51. The summed E-state index contributed by atoms with van der Waals surface area (Å²) in [6, 6.07) is 26.1. The van der Waals surface area contributed by atoms with Gasteiger partial charge in [-0.3, -0.25) is 0 Å². The van der Waals surface area contributed by atoms with Gasteiger partial charge in [0, 0.05) is 0 Å². The molecule has 0 aromatic heterocycles. The Labute approximate surface area is 225 Å². The van der Waals surface area contributed by atoms with Gasteiger partial charge in [-0.15, -0.1) is 0 Å². The Morgan fingerprint density at radius 2 is 1.32 bits per heavy atom. The Morgan fingerprint density at radius 1 is 0.816 bits per heavy atom. The van der Waals surface area contributed by atoms with E-state index in [1.54, 1.807) is 52.1 Å². The summed E-state index contributed by atoms with van der Waals surface area (Å²) >= 11 is 0. The molecule has 0 bridgehead atoms. The molecule has 3 rings (SSSR count). The standard InChI is InChI=1S/C31H39NO6/c1-22(32-30(34)38-31(2,3)4)28(36-20-23-12-8-6-9-13-23)29(37-21-24-14-10-7-11-15-24)27(33)25-16-18-26(35-5)19-17-25/h6-19,22,27-29,33H,20-21H2,1-5H3,(H,32,34)/t22?,27-,28+,29+/m0/s1. The summed E-state index contributed by atoms with van der Waals surface area (Å²) in [6.45, 7) is 7.76. The molecule has 0 aliphatic carbocycles. The molecule has 2 N–H and O–H groups in total. The number of ether oxygens (including phenoxy) is 4. The van der Waals surface area contributed by atoms with Gasteiger partial charge in [-0.1, -0.05) is 72.8 Å². The van der Waals surface area contributed by atoms with Gasteiger partial charge in [0.25, 0.3) is 0 Å². The number of carbonyl (C=O) groups excluding carboxylic acids is 1. The van der Waals surface area contributed by atoms with Crippen molar-refractivity contribution in [2.75, 3.05) is 7.11 Å². The van der Waals surface area contributed by atoms with Crippen molar-refractivity contribution in [1.82, 2.24) is 5.32 Å². The van der Waals surface area contributed by atoms with Crippen LogP contribution in [-0.4, -0.2) is 42.2 Å². The van der Waals surface area contributed by atoms with Crippen molar-refractivity contribution in [3.63, 3.8) is 0 Å². The first-order chi connectivity index (χ1) is 18.2. The summed E-state index contributed by atoms with van der Waals surface area (Å²) in [7, 11) is 1.59. The number of hydrogen-bond acceptors (Lipinski definition) is 6. The molecule has 0 saturated carbocycles. The maximum Gasteiger partial charge on any atom is 0.407 e. The van der Waals surface area contributed by atoms with E-state index in [9.17, 15) is 9.90 Å². The topological polar surface area (TPSA) is 86.3 Å². The number of nitrogens with one attached hydrogen (secondary N) is 1. The largest absolute Gasteiger partial charge is 0.497 e. The van der Waals surface area contributed by atoms with Crippen LogP contribution in [0.1, 0.15) is 50.5 Å². The van der Waals surface area contributed by atoms with Crippen LogP contribution >= 0.6 is 0 Å². The first kappa shape index (κ1) is 29.2. The van der Waals surface area contributed by atoms with E-state index < -0.39 is 36.0 Å². The molecule has 3 aromatic rings. The molecule has 0 heterocycles. The van der Waals surface area contributed by atoms with Crippen molar-refractivity contribution in [3.8, 4) is 5.75 Å². The van der Waals surface area contributed by atoms with Crippen LogP contribution in [0, 0.1) is 0 Å². The number of hydrogen-bond donors (Lipinski definition) is 2. The highest BCUT2D eigenvalue weighted by Gasteiger charge is 2.36. The van der Waals surface area contributed by atoms with Gasteiger partial charge in [0.1, 0.15) is 29.7 Å². The number of aliphatic hydroxyl groups is 1. The van der Waals surface area contributed by atoms with E-state index in [-0.39, 0.29) is 13.2 Å². The van der Waals surface area contributed by atoms with E-state index in [2.05, 4.69) is 5.32 Å². The van der Waals surface area contributed by atoms with E-state index in [4.69, 9.17) is 18.9 Å².